The maximum absolute atomic E-state index is 15.7. The van der Waals surface area contributed by atoms with Crippen molar-refractivity contribution in [1.29, 1.82) is 0 Å². The van der Waals surface area contributed by atoms with Gasteiger partial charge in [0.15, 0.2) is 11.5 Å². The highest BCUT2D eigenvalue weighted by molar-refractivity contribution is 6.04. The van der Waals surface area contributed by atoms with Crippen LogP contribution in [0.1, 0.15) is 77.3 Å². The molecule has 3 heterocycles. The van der Waals surface area contributed by atoms with Crippen molar-refractivity contribution in [1.82, 2.24) is 19.7 Å². The number of carbonyl (C=O) groups is 2. The number of fused-ring (bicyclic) bond motifs is 2. The molecule has 14 nitrogen and oxygen atoms in total. The van der Waals surface area contributed by atoms with Gasteiger partial charge in [0.2, 0.25) is 5.91 Å². The zero-order valence-corrected chi connectivity index (χ0v) is 37.8. The second kappa shape index (κ2) is 20.3. The molecule has 1 aliphatic heterocycles. The molecule has 2 aromatic heterocycles. The summed E-state index contributed by atoms with van der Waals surface area (Å²) in [7, 11) is 0. The normalized spacial score (nSPS) is 15.1. The first-order chi connectivity index (χ1) is 33.3. The molecule has 2 aliphatic rings. The Balaban J connectivity index is 0.819. The summed E-state index contributed by atoms with van der Waals surface area (Å²) in [6.45, 7) is 4.57. The molecule has 0 radical (unpaired) electrons. The van der Waals surface area contributed by atoms with Crippen molar-refractivity contribution in [3.05, 3.63) is 130 Å². The first-order valence-corrected chi connectivity index (χ1v) is 22.4. The molecule has 2 amide bonds. The van der Waals surface area contributed by atoms with Gasteiger partial charge in [-0.25, -0.2) is 8.78 Å². The summed E-state index contributed by atoms with van der Waals surface area (Å²) < 4.78 is 120. The maximum Gasteiger partial charge on any atom is 0.586 e. The number of alkyl halides is 5. The molecule has 0 bridgehead atoms. The largest absolute Gasteiger partial charge is 0.586 e. The summed E-state index contributed by atoms with van der Waals surface area (Å²) in [5.74, 6) is -3.10. The van der Waals surface area contributed by atoms with Crippen LogP contribution in [0.5, 0.6) is 17.2 Å². The molecule has 70 heavy (non-hydrogen) atoms. The van der Waals surface area contributed by atoms with E-state index in [0.29, 0.717) is 65.3 Å². The summed E-state index contributed by atoms with van der Waals surface area (Å²) >= 11 is 0. The number of rotatable bonds is 21. The van der Waals surface area contributed by atoms with Crippen molar-refractivity contribution in [2.45, 2.75) is 89.3 Å². The van der Waals surface area contributed by atoms with E-state index in [2.05, 4.69) is 30.5 Å². The van der Waals surface area contributed by atoms with Crippen LogP contribution in [0.3, 0.4) is 0 Å². The van der Waals surface area contributed by atoms with Crippen LogP contribution in [-0.2, 0) is 47.4 Å². The molecular formula is C49H49F7N6O8. The Labute approximate surface area is 396 Å². The minimum atomic E-state index is -4.88. The SMILES string of the molecule is CC(C)c1cc2cc(NC(=O)C3(c4ccc5c(c4)OC(F)(F)O5)CC3)c(F)cc2n1CC(O)COCCCn1cc(C(=O)Nc2ccc(OCc3ccc(F)c(C(F)(F)F)c3)c(CNCCO)c2)cn1. The summed E-state index contributed by atoms with van der Waals surface area (Å²) in [5, 5.41) is 33.7. The smallest absolute Gasteiger partial charge is 0.489 e. The van der Waals surface area contributed by atoms with Gasteiger partial charge in [0, 0.05) is 60.8 Å². The van der Waals surface area contributed by atoms with Crippen LogP contribution in [0.25, 0.3) is 10.9 Å². The van der Waals surface area contributed by atoms with E-state index in [1.165, 1.54) is 48.7 Å². The quantitative estimate of drug-likeness (QED) is 0.0348. The number of aliphatic hydroxyl groups excluding tert-OH is 2. The van der Waals surface area contributed by atoms with Crippen LogP contribution in [0.4, 0.5) is 42.1 Å². The predicted octanol–water partition coefficient (Wildman–Crippen LogP) is 8.63. The van der Waals surface area contributed by atoms with E-state index in [9.17, 15) is 46.1 Å². The lowest BCUT2D eigenvalue weighted by molar-refractivity contribution is -0.286. The predicted molar refractivity (Wildman–Crippen MR) is 241 cm³/mol. The van der Waals surface area contributed by atoms with Gasteiger partial charge in [0.05, 0.1) is 59.8 Å². The molecule has 0 saturated heterocycles. The van der Waals surface area contributed by atoms with Gasteiger partial charge in [0.1, 0.15) is 24.0 Å². The third kappa shape index (κ3) is 11.3. The molecule has 0 spiro atoms. The lowest BCUT2D eigenvalue weighted by Gasteiger charge is -2.18. The van der Waals surface area contributed by atoms with Gasteiger partial charge in [-0.05, 0) is 90.9 Å². The number of aliphatic hydroxyl groups is 2. The number of nitrogens with one attached hydrogen (secondary N) is 3. The van der Waals surface area contributed by atoms with E-state index in [0.717, 1.165) is 11.8 Å². The summed E-state index contributed by atoms with van der Waals surface area (Å²) in [5.41, 5.74) is 0.535. The minimum absolute atomic E-state index is 0.0167. The number of nitrogens with zero attached hydrogens (tertiary/aromatic N) is 3. The fraction of sp³-hybridized carbons (Fsp3) is 0.367. The Morgan fingerprint density at radius 1 is 0.943 bits per heavy atom. The van der Waals surface area contributed by atoms with Crippen LogP contribution in [0.2, 0.25) is 0 Å². The number of carbonyl (C=O) groups excluding carboxylic acids is 2. The number of aromatic nitrogens is 3. The standard InChI is InChI=1S/C49H49F7N6O8/c1-28(2)40-19-30-18-39(60-46(66)47(10-11-47)33-5-8-43-44(20-33)70-49(55,56)69-43)38(51)21-41(30)62(40)25-35(64)27-67-15-3-13-61-24-32(23-58-61)45(65)59-34-6-9-42(31(17-34)22-57-12-14-63)68-26-29-4-7-37(50)36(16-29)48(52,53)54/h4-9,16-21,23-24,28,35,57,63-64H,3,10-15,22,25-27H2,1-2H3,(H,59,65)(H,60,66). The Morgan fingerprint density at radius 3 is 2.47 bits per heavy atom. The van der Waals surface area contributed by atoms with Crippen LogP contribution in [-0.4, -0.2) is 75.1 Å². The van der Waals surface area contributed by atoms with Crippen molar-refractivity contribution in [2.75, 3.05) is 37.0 Å². The molecule has 5 N–H and O–H groups in total. The highest BCUT2D eigenvalue weighted by atomic mass is 19.4. The molecular weight excluding hydrogens is 934 g/mol. The minimum Gasteiger partial charge on any atom is -0.489 e. The fourth-order valence-corrected chi connectivity index (χ4v) is 8.24. The maximum atomic E-state index is 15.7. The topological polar surface area (TPSA) is 170 Å². The summed E-state index contributed by atoms with van der Waals surface area (Å²) in [4.78, 5) is 26.8. The van der Waals surface area contributed by atoms with Gasteiger partial charge in [-0.2, -0.15) is 18.3 Å². The molecule has 4 aromatic carbocycles. The lowest BCUT2D eigenvalue weighted by atomic mass is 9.94. The molecule has 1 aliphatic carbocycles. The fourth-order valence-electron chi connectivity index (χ4n) is 8.24. The van der Waals surface area contributed by atoms with Crippen LogP contribution >= 0.6 is 0 Å². The zero-order valence-electron chi connectivity index (χ0n) is 37.8. The van der Waals surface area contributed by atoms with Crippen molar-refractivity contribution in [3.63, 3.8) is 0 Å². The summed E-state index contributed by atoms with van der Waals surface area (Å²) in [6.07, 6.45) is -5.37. The van der Waals surface area contributed by atoms with E-state index in [1.807, 2.05) is 24.5 Å². The van der Waals surface area contributed by atoms with Crippen LogP contribution in [0.15, 0.2) is 85.2 Å². The summed E-state index contributed by atoms with van der Waals surface area (Å²) in [6, 6.07) is 16.2. The van der Waals surface area contributed by atoms with E-state index in [-0.39, 0.29) is 80.3 Å². The molecule has 1 saturated carbocycles. The second-order valence-electron chi connectivity index (χ2n) is 17.4. The number of halogens is 7. The Bertz CT molecular complexity index is 2880. The Morgan fingerprint density at radius 2 is 1.73 bits per heavy atom. The third-order valence-electron chi connectivity index (χ3n) is 11.9. The Hall–Kier alpha value is -6.68. The number of aryl methyl sites for hydroxylation is 1. The van der Waals surface area contributed by atoms with Gasteiger partial charge in [-0.15, -0.1) is 8.78 Å². The number of hydrogen-bond donors (Lipinski definition) is 5. The van der Waals surface area contributed by atoms with Gasteiger partial charge in [-0.1, -0.05) is 26.0 Å². The first kappa shape index (κ1) is 49.7. The van der Waals surface area contributed by atoms with Crippen LogP contribution < -0.4 is 30.2 Å². The molecule has 1 unspecified atom stereocenters. The van der Waals surface area contributed by atoms with Gasteiger partial charge >= 0.3 is 12.5 Å². The molecule has 6 aromatic rings. The van der Waals surface area contributed by atoms with Gasteiger partial charge in [-0.3, -0.25) is 14.3 Å². The number of ether oxygens (including phenoxy) is 4. The molecule has 1 fully saturated rings. The molecule has 1 atom stereocenters. The molecule has 8 rings (SSSR count). The zero-order chi connectivity index (χ0) is 50.0. The highest BCUT2D eigenvalue weighted by Crippen LogP contribution is 2.52. The average Bonchev–Trinajstić information content (AvgIpc) is 3.69. The van der Waals surface area contributed by atoms with Gasteiger partial charge in [0.25, 0.3) is 5.91 Å². The van der Waals surface area contributed by atoms with Crippen molar-refractivity contribution >= 4 is 34.1 Å². The second-order valence-corrected chi connectivity index (χ2v) is 17.4. The molecule has 21 heteroatoms. The molecule has 372 valence electrons. The van der Waals surface area contributed by atoms with E-state index in [4.69, 9.17) is 9.47 Å². The lowest BCUT2D eigenvalue weighted by Crippen LogP contribution is -2.28. The van der Waals surface area contributed by atoms with Crippen molar-refractivity contribution in [2.24, 2.45) is 0 Å². The van der Waals surface area contributed by atoms with Gasteiger partial charge < -0.3 is 49.7 Å². The van der Waals surface area contributed by atoms with Crippen LogP contribution in [0, 0.1) is 11.6 Å². The average molecular weight is 983 g/mol. The van der Waals surface area contributed by atoms with E-state index in [1.54, 1.807) is 23.0 Å². The highest BCUT2D eigenvalue weighted by Gasteiger charge is 2.53. The van der Waals surface area contributed by atoms with E-state index >= 15 is 4.39 Å². The Kier molecular flexibility index (Phi) is 14.5. The van der Waals surface area contributed by atoms with Crippen molar-refractivity contribution < 1.29 is 69.5 Å². The number of amides is 2. The first-order valence-electron chi connectivity index (χ1n) is 22.4. The van der Waals surface area contributed by atoms with E-state index < -0.39 is 53.0 Å². The third-order valence-corrected chi connectivity index (χ3v) is 11.9. The van der Waals surface area contributed by atoms with Crippen molar-refractivity contribution in [3.8, 4) is 17.2 Å². The number of benzene rings is 4. The number of hydrogen-bond acceptors (Lipinski definition) is 10. The number of anilines is 2. The monoisotopic (exact) mass is 982 g/mol.